The minimum atomic E-state index is 0.337. The SMILES string of the molecule is CCN1CCN(c2nc(C(C)NC)cs2)CC1C. The van der Waals surface area contributed by atoms with Crippen molar-refractivity contribution in [2.24, 2.45) is 0 Å². The number of anilines is 1. The lowest BCUT2D eigenvalue weighted by molar-refractivity contribution is 0.199. The van der Waals surface area contributed by atoms with E-state index in [2.05, 4.69) is 41.3 Å². The molecule has 1 saturated heterocycles. The van der Waals surface area contributed by atoms with E-state index in [0.717, 1.165) is 31.9 Å². The lowest BCUT2D eigenvalue weighted by Gasteiger charge is -2.39. The number of hydrogen-bond acceptors (Lipinski definition) is 5. The number of aromatic nitrogens is 1. The molecule has 2 atom stereocenters. The van der Waals surface area contributed by atoms with Crippen molar-refractivity contribution in [1.82, 2.24) is 15.2 Å². The molecule has 0 radical (unpaired) electrons. The smallest absolute Gasteiger partial charge is 0.185 e. The molecule has 5 heteroatoms. The summed E-state index contributed by atoms with van der Waals surface area (Å²) in [5.41, 5.74) is 1.16. The number of thiazole rings is 1. The largest absolute Gasteiger partial charge is 0.345 e. The molecule has 0 aliphatic carbocycles. The van der Waals surface area contributed by atoms with Gasteiger partial charge in [-0.05, 0) is 27.4 Å². The molecule has 1 aromatic heterocycles. The highest BCUT2D eigenvalue weighted by molar-refractivity contribution is 7.13. The van der Waals surface area contributed by atoms with Gasteiger partial charge in [0, 0.05) is 37.1 Å². The quantitative estimate of drug-likeness (QED) is 0.904. The lowest BCUT2D eigenvalue weighted by Crippen LogP contribution is -2.51. The highest BCUT2D eigenvalue weighted by Gasteiger charge is 2.24. The van der Waals surface area contributed by atoms with E-state index in [1.54, 1.807) is 11.3 Å². The highest BCUT2D eigenvalue weighted by Crippen LogP contribution is 2.25. The van der Waals surface area contributed by atoms with Crippen LogP contribution in [0.1, 0.15) is 32.5 Å². The minimum Gasteiger partial charge on any atom is -0.345 e. The summed E-state index contributed by atoms with van der Waals surface area (Å²) < 4.78 is 0. The lowest BCUT2D eigenvalue weighted by atomic mass is 10.2. The minimum absolute atomic E-state index is 0.337. The molecule has 4 nitrogen and oxygen atoms in total. The van der Waals surface area contributed by atoms with Crippen LogP contribution in [0.4, 0.5) is 5.13 Å². The van der Waals surface area contributed by atoms with Crippen molar-refractivity contribution < 1.29 is 0 Å². The Kier molecular flexibility index (Phi) is 4.59. The van der Waals surface area contributed by atoms with Gasteiger partial charge in [0.2, 0.25) is 0 Å². The third-order valence-electron chi connectivity index (χ3n) is 3.83. The predicted molar refractivity (Wildman–Crippen MR) is 78.5 cm³/mol. The van der Waals surface area contributed by atoms with Crippen LogP contribution in [-0.4, -0.2) is 49.2 Å². The summed E-state index contributed by atoms with van der Waals surface area (Å²) in [5, 5.41) is 6.59. The van der Waals surface area contributed by atoms with Gasteiger partial charge in [0.15, 0.2) is 5.13 Å². The number of likely N-dealkylation sites (N-methyl/N-ethyl adjacent to an activating group) is 1. The molecule has 0 bridgehead atoms. The van der Waals surface area contributed by atoms with Gasteiger partial charge in [-0.2, -0.15) is 0 Å². The summed E-state index contributed by atoms with van der Waals surface area (Å²) in [6, 6.07) is 0.960. The summed E-state index contributed by atoms with van der Waals surface area (Å²) in [5.74, 6) is 0. The summed E-state index contributed by atoms with van der Waals surface area (Å²) in [7, 11) is 1.98. The van der Waals surface area contributed by atoms with E-state index in [1.807, 2.05) is 7.05 Å². The Labute approximate surface area is 114 Å². The molecule has 1 N–H and O–H groups in total. The van der Waals surface area contributed by atoms with E-state index in [4.69, 9.17) is 4.98 Å². The van der Waals surface area contributed by atoms with Gasteiger partial charge in [-0.15, -0.1) is 11.3 Å². The Morgan fingerprint density at radius 3 is 2.94 bits per heavy atom. The fraction of sp³-hybridized carbons (Fsp3) is 0.769. The molecule has 0 amide bonds. The van der Waals surface area contributed by atoms with Crippen LogP contribution in [0.5, 0.6) is 0 Å². The normalized spacial score (nSPS) is 23.3. The average molecular weight is 268 g/mol. The second kappa shape index (κ2) is 5.99. The van der Waals surface area contributed by atoms with Crippen LogP contribution >= 0.6 is 11.3 Å². The van der Waals surface area contributed by atoms with E-state index in [-0.39, 0.29) is 0 Å². The maximum Gasteiger partial charge on any atom is 0.185 e. The van der Waals surface area contributed by atoms with Crippen molar-refractivity contribution in [1.29, 1.82) is 0 Å². The number of piperazine rings is 1. The fourth-order valence-corrected chi connectivity index (χ4v) is 3.36. The molecule has 2 heterocycles. The van der Waals surface area contributed by atoms with Crippen LogP contribution in [0, 0.1) is 0 Å². The first kappa shape index (κ1) is 13.8. The van der Waals surface area contributed by atoms with Gasteiger partial charge in [-0.1, -0.05) is 6.92 Å². The Balaban J connectivity index is 2.02. The second-order valence-electron chi connectivity index (χ2n) is 4.99. The molecule has 0 saturated carbocycles. The highest BCUT2D eigenvalue weighted by atomic mass is 32.1. The monoisotopic (exact) mass is 268 g/mol. The fourth-order valence-electron chi connectivity index (χ4n) is 2.41. The zero-order valence-corrected chi connectivity index (χ0v) is 12.6. The molecule has 1 fully saturated rings. The second-order valence-corrected chi connectivity index (χ2v) is 5.83. The van der Waals surface area contributed by atoms with E-state index < -0.39 is 0 Å². The van der Waals surface area contributed by atoms with Gasteiger partial charge >= 0.3 is 0 Å². The van der Waals surface area contributed by atoms with Crippen LogP contribution in [-0.2, 0) is 0 Å². The van der Waals surface area contributed by atoms with Crippen LogP contribution in [0.2, 0.25) is 0 Å². The summed E-state index contributed by atoms with van der Waals surface area (Å²) in [6.07, 6.45) is 0. The molecule has 0 spiro atoms. The van der Waals surface area contributed by atoms with Crippen molar-refractivity contribution >= 4 is 16.5 Å². The number of rotatable bonds is 4. The Hall–Kier alpha value is -0.650. The van der Waals surface area contributed by atoms with E-state index >= 15 is 0 Å². The van der Waals surface area contributed by atoms with Gasteiger partial charge in [0.05, 0.1) is 5.69 Å². The molecule has 2 rings (SSSR count). The molecule has 1 aromatic rings. The van der Waals surface area contributed by atoms with Crippen LogP contribution < -0.4 is 10.2 Å². The van der Waals surface area contributed by atoms with Crippen molar-refractivity contribution in [3.63, 3.8) is 0 Å². The predicted octanol–water partition coefficient (Wildman–Crippen LogP) is 1.95. The Bertz CT molecular complexity index is 379. The molecule has 1 aliphatic rings. The number of nitrogens with zero attached hydrogens (tertiary/aromatic N) is 3. The molecule has 1 aliphatic heterocycles. The number of hydrogen-bond donors (Lipinski definition) is 1. The van der Waals surface area contributed by atoms with Crippen molar-refractivity contribution in [3.05, 3.63) is 11.1 Å². The van der Waals surface area contributed by atoms with Crippen molar-refractivity contribution in [3.8, 4) is 0 Å². The third kappa shape index (κ3) is 2.84. The summed E-state index contributed by atoms with van der Waals surface area (Å²) in [4.78, 5) is 9.71. The Morgan fingerprint density at radius 2 is 2.33 bits per heavy atom. The van der Waals surface area contributed by atoms with Crippen molar-refractivity contribution in [2.45, 2.75) is 32.9 Å². The maximum atomic E-state index is 4.75. The first-order valence-corrected chi connectivity index (χ1v) is 7.65. The van der Waals surface area contributed by atoms with Crippen LogP contribution in [0.15, 0.2) is 5.38 Å². The van der Waals surface area contributed by atoms with Crippen LogP contribution in [0.25, 0.3) is 0 Å². The zero-order valence-electron chi connectivity index (χ0n) is 11.8. The molecule has 0 aromatic carbocycles. The van der Waals surface area contributed by atoms with E-state index in [9.17, 15) is 0 Å². The standard InChI is InChI=1S/C13H24N4S/c1-5-16-6-7-17(8-10(16)2)13-15-12(9-18-13)11(3)14-4/h9-11,14H,5-8H2,1-4H3. The van der Waals surface area contributed by atoms with Gasteiger partial charge < -0.3 is 10.2 Å². The molecule has 102 valence electrons. The Morgan fingerprint density at radius 1 is 1.56 bits per heavy atom. The topological polar surface area (TPSA) is 31.4 Å². The maximum absolute atomic E-state index is 4.75. The summed E-state index contributed by atoms with van der Waals surface area (Å²) in [6.45, 7) is 11.2. The van der Waals surface area contributed by atoms with Gasteiger partial charge in [0.25, 0.3) is 0 Å². The van der Waals surface area contributed by atoms with E-state index in [0.29, 0.717) is 12.1 Å². The molecule has 18 heavy (non-hydrogen) atoms. The third-order valence-corrected chi connectivity index (χ3v) is 4.75. The van der Waals surface area contributed by atoms with Crippen molar-refractivity contribution in [2.75, 3.05) is 38.1 Å². The van der Waals surface area contributed by atoms with Gasteiger partial charge in [-0.3, -0.25) is 4.90 Å². The average Bonchev–Trinajstić information content (AvgIpc) is 2.87. The van der Waals surface area contributed by atoms with Crippen LogP contribution in [0.3, 0.4) is 0 Å². The first-order chi connectivity index (χ1) is 8.65. The molecular formula is C13H24N4S. The molecule has 2 unspecified atom stereocenters. The molecular weight excluding hydrogens is 244 g/mol. The van der Waals surface area contributed by atoms with E-state index in [1.165, 1.54) is 5.13 Å². The zero-order chi connectivity index (χ0) is 13.1. The number of nitrogens with one attached hydrogen (secondary N) is 1. The van der Waals surface area contributed by atoms with Gasteiger partial charge in [0.1, 0.15) is 0 Å². The summed E-state index contributed by atoms with van der Waals surface area (Å²) >= 11 is 1.77. The first-order valence-electron chi connectivity index (χ1n) is 6.77. The van der Waals surface area contributed by atoms with Gasteiger partial charge in [-0.25, -0.2) is 4.98 Å².